The molecule has 1 heterocycles. The molecule has 1 aliphatic carbocycles. The molecule has 1 saturated carbocycles. The highest BCUT2D eigenvalue weighted by Crippen LogP contribution is 2.45. The lowest BCUT2D eigenvalue weighted by Crippen LogP contribution is -2.20. The second-order valence-electron chi connectivity index (χ2n) is 6.14. The average Bonchev–Trinajstić information content (AvgIpc) is 3.35. The lowest BCUT2D eigenvalue weighted by atomic mass is 10.1. The van der Waals surface area contributed by atoms with Gasteiger partial charge in [-0.15, -0.1) is 0 Å². The van der Waals surface area contributed by atoms with Crippen LogP contribution in [0.3, 0.4) is 0 Å². The van der Waals surface area contributed by atoms with Crippen molar-refractivity contribution in [3.8, 4) is 5.75 Å². The van der Waals surface area contributed by atoms with Crippen molar-refractivity contribution in [3.63, 3.8) is 0 Å². The number of para-hydroxylation sites is 1. The van der Waals surface area contributed by atoms with E-state index in [1.807, 2.05) is 18.2 Å². The summed E-state index contributed by atoms with van der Waals surface area (Å²) in [6, 6.07) is 18.6. The van der Waals surface area contributed by atoms with Crippen LogP contribution in [-0.4, -0.2) is 12.7 Å². The Labute approximate surface area is 131 Å². The molecular formula is C20H20O2. The van der Waals surface area contributed by atoms with Crippen LogP contribution in [0.4, 0.5) is 0 Å². The van der Waals surface area contributed by atoms with Gasteiger partial charge in [-0.2, -0.15) is 0 Å². The summed E-state index contributed by atoms with van der Waals surface area (Å²) >= 11 is 0. The van der Waals surface area contributed by atoms with Crippen LogP contribution >= 0.6 is 0 Å². The lowest BCUT2D eigenvalue weighted by molar-refractivity contribution is 0.101. The Morgan fingerprint density at radius 3 is 2.73 bits per heavy atom. The fourth-order valence-electron chi connectivity index (χ4n) is 3.11. The third-order valence-corrected chi connectivity index (χ3v) is 4.49. The Kier molecular flexibility index (Phi) is 3.69. The van der Waals surface area contributed by atoms with Gasteiger partial charge in [-0.05, 0) is 30.0 Å². The highest BCUT2D eigenvalue weighted by atomic mass is 16.5. The molecule has 0 saturated heterocycles. The quantitative estimate of drug-likeness (QED) is 0.817. The molecule has 1 fully saturated rings. The van der Waals surface area contributed by atoms with Gasteiger partial charge in [0, 0.05) is 11.5 Å². The molecule has 4 rings (SSSR count). The summed E-state index contributed by atoms with van der Waals surface area (Å²) in [6.07, 6.45) is 5.79. The van der Waals surface area contributed by atoms with E-state index in [4.69, 9.17) is 9.47 Å². The first-order chi connectivity index (χ1) is 10.9. The summed E-state index contributed by atoms with van der Waals surface area (Å²) in [6.45, 7) is 1.53. The summed E-state index contributed by atoms with van der Waals surface area (Å²) in [7, 11) is 0. The van der Waals surface area contributed by atoms with Crippen molar-refractivity contribution >= 4 is 6.08 Å². The highest BCUT2D eigenvalue weighted by molar-refractivity contribution is 5.59. The predicted octanol–water partition coefficient (Wildman–Crippen LogP) is 4.31. The van der Waals surface area contributed by atoms with Crippen molar-refractivity contribution in [2.24, 2.45) is 11.8 Å². The molecule has 0 spiro atoms. The van der Waals surface area contributed by atoms with Crippen LogP contribution < -0.4 is 4.74 Å². The summed E-state index contributed by atoms with van der Waals surface area (Å²) in [5, 5.41) is 0. The number of hydrogen-bond acceptors (Lipinski definition) is 2. The minimum Gasteiger partial charge on any atom is -0.485 e. The molecule has 2 heteroatoms. The number of hydrogen-bond donors (Lipinski definition) is 0. The van der Waals surface area contributed by atoms with Crippen LogP contribution in [0.5, 0.6) is 5.75 Å². The van der Waals surface area contributed by atoms with Gasteiger partial charge in [0.25, 0.3) is 0 Å². The Morgan fingerprint density at radius 1 is 1.00 bits per heavy atom. The van der Waals surface area contributed by atoms with E-state index in [-0.39, 0.29) is 6.10 Å². The molecule has 1 unspecified atom stereocenters. The van der Waals surface area contributed by atoms with Crippen LogP contribution in [0.15, 0.2) is 60.7 Å². The Bertz CT molecular complexity index is 662. The van der Waals surface area contributed by atoms with Gasteiger partial charge >= 0.3 is 0 Å². The van der Waals surface area contributed by atoms with E-state index < -0.39 is 0 Å². The monoisotopic (exact) mass is 292 g/mol. The third-order valence-electron chi connectivity index (χ3n) is 4.49. The van der Waals surface area contributed by atoms with E-state index >= 15 is 0 Å². The maximum atomic E-state index is 6.11. The van der Waals surface area contributed by atoms with Gasteiger partial charge in [-0.25, -0.2) is 0 Å². The first-order valence-corrected chi connectivity index (χ1v) is 7.96. The minimum absolute atomic E-state index is 0.209. The van der Waals surface area contributed by atoms with E-state index in [0.29, 0.717) is 18.4 Å². The van der Waals surface area contributed by atoms with Crippen molar-refractivity contribution in [1.29, 1.82) is 0 Å². The van der Waals surface area contributed by atoms with Gasteiger partial charge < -0.3 is 9.47 Å². The van der Waals surface area contributed by atoms with E-state index in [1.165, 1.54) is 17.5 Å². The fourth-order valence-corrected chi connectivity index (χ4v) is 3.11. The highest BCUT2D eigenvalue weighted by Gasteiger charge is 2.44. The standard InChI is InChI=1S/C20H20O2/c1-2-6-15(7-3-1)13-21-14-17-12-18(17)20-11-10-16-8-4-5-9-19(16)22-20/h1-11,17-18,20H,12-14H2/t17-,18+,20?/m0/s1. The van der Waals surface area contributed by atoms with Gasteiger partial charge in [0.15, 0.2) is 0 Å². The van der Waals surface area contributed by atoms with Crippen molar-refractivity contribution in [2.45, 2.75) is 19.1 Å². The predicted molar refractivity (Wildman–Crippen MR) is 87.6 cm³/mol. The molecule has 22 heavy (non-hydrogen) atoms. The molecule has 2 aromatic carbocycles. The van der Waals surface area contributed by atoms with Gasteiger partial charge in [-0.3, -0.25) is 0 Å². The number of fused-ring (bicyclic) bond motifs is 1. The zero-order chi connectivity index (χ0) is 14.8. The third kappa shape index (κ3) is 2.93. The smallest absolute Gasteiger partial charge is 0.127 e. The minimum atomic E-state index is 0.209. The number of ether oxygens (including phenoxy) is 2. The van der Waals surface area contributed by atoms with Crippen molar-refractivity contribution in [2.75, 3.05) is 6.61 Å². The number of rotatable bonds is 5. The number of benzene rings is 2. The van der Waals surface area contributed by atoms with Gasteiger partial charge in [0.05, 0.1) is 13.2 Å². The van der Waals surface area contributed by atoms with Crippen LogP contribution in [-0.2, 0) is 11.3 Å². The summed E-state index contributed by atoms with van der Waals surface area (Å²) < 4.78 is 12.0. The van der Waals surface area contributed by atoms with Crippen LogP contribution in [0.25, 0.3) is 6.08 Å². The molecular weight excluding hydrogens is 272 g/mol. The maximum absolute atomic E-state index is 6.11. The Morgan fingerprint density at radius 2 is 1.82 bits per heavy atom. The zero-order valence-electron chi connectivity index (χ0n) is 12.5. The molecule has 0 amide bonds. The largest absolute Gasteiger partial charge is 0.485 e. The van der Waals surface area contributed by atoms with E-state index in [9.17, 15) is 0 Å². The maximum Gasteiger partial charge on any atom is 0.127 e. The van der Waals surface area contributed by atoms with Crippen molar-refractivity contribution in [3.05, 3.63) is 71.8 Å². The first kappa shape index (κ1) is 13.6. The molecule has 1 aliphatic heterocycles. The topological polar surface area (TPSA) is 18.5 Å². The molecule has 112 valence electrons. The van der Waals surface area contributed by atoms with E-state index in [0.717, 1.165) is 12.4 Å². The molecule has 2 nitrogen and oxygen atoms in total. The van der Waals surface area contributed by atoms with Gasteiger partial charge in [-0.1, -0.05) is 54.6 Å². The lowest BCUT2D eigenvalue weighted by Gasteiger charge is -2.21. The Balaban J connectivity index is 1.27. The molecule has 3 atom stereocenters. The van der Waals surface area contributed by atoms with Crippen LogP contribution in [0.2, 0.25) is 0 Å². The second kappa shape index (κ2) is 5.98. The van der Waals surface area contributed by atoms with Crippen LogP contribution in [0, 0.1) is 11.8 Å². The van der Waals surface area contributed by atoms with E-state index in [1.54, 1.807) is 0 Å². The summed E-state index contributed by atoms with van der Waals surface area (Å²) in [5.74, 6) is 2.23. The molecule has 2 aliphatic rings. The SMILES string of the molecule is C1=CC([C@@H]2C[C@H]2COCc2ccccc2)Oc2ccccc21. The first-order valence-electron chi connectivity index (χ1n) is 7.96. The van der Waals surface area contributed by atoms with Gasteiger partial charge in [0.2, 0.25) is 0 Å². The van der Waals surface area contributed by atoms with Crippen molar-refractivity contribution < 1.29 is 9.47 Å². The van der Waals surface area contributed by atoms with Gasteiger partial charge in [0.1, 0.15) is 11.9 Å². The normalized spacial score (nSPS) is 25.4. The van der Waals surface area contributed by atoms with Crippen LogP contribution in [0.1, 0.15) is 17.5 Å². The van der Waals surface area contributed by atoms with E-state index in [2.05, 4.69) is 48.6 Å². The molecule has 0 bridgehead atoms. The fraction of sp³-hybridized carbons (Fsp3) is 0.300. The zero-order valence-corrected chi connectivity index (χ0v) is 12.5. The average molecular weight is 292 g/mol. The molecule has 0 N–H and O–H groups in total. The molecule has 2 aromatic rings. The van der Waals surface area contributed by atoms with Crippen molar-refractivity contribution in [1.82, 2.24) is 0 Å². The Hall–Kier alpha value is -2.06. The summed E-state index contributed by atoms with van der Waals surface area (Å²) in [4.78, 5) is 0. The second-order valence-corrected chi connectivity index (χ2v) is 6.14. The summed E-state index contributed by atoms with van der Waals surface area (Å²) in [5.41, 5.74) is 2.42. The molecule has 0 radical (unpaired) electrons. The molecule has 0 aromatic heterocycles.